The molecule has 2 heteroatoms. The second kappa shape index (κ2) is 3.30. The lowest BCUT2D eigenvalue weighted by atomic mass is 9.84. The van der Waals surface area contributed by atoms with E-state index in [9.17, 15) is 4.39 Å². The van der Waals surface area contributed by atoms with Gasteiger partial charge in [-0.2, -0.15) is 0 Å². The highest BCUT2D eigenvalue weighted by Crippen LogP contribution is 2.29. The maximum Gasteiger partial charge on any atom is 0.144 e. The summed E-state index contributed by atoms with van der Waals surface area (Å²) < 4.78 is 13.4. The Hall–Kier alpha value is -0.560. The highest BCUT2D eigenvalue weighted by atomic mass is 35.5. The molecule has 0 aromatic heterocycles. The summed E-state index contributed by atoms with van der Waals surface area (Å²) in [6.45, 7) is 7.94. The monoisotopic (exact) mass is 200 g/mol. The van der Waals surface area contributed by atoms with E-state index in [2.05, 4.69) is 20.8 Å². The van der Waals surface area contributed by atoms with Gasteiger partial charge in [-0.05, 0) is 29.5 Å². The molecular formula is C11H14ClF. The van der Waals surface area contributed by atoms with Crippen molar-refractivity contribution >= 4 is 11.6 Å². The van der Waals surface area contributed by atoms with Crippen LogP contribution in [0.15, 0.2) is 12.1 Å². The fourth-order valence-corrected chi connectivity index (χ4v) is 1.67. The molecule has 0 aliphatic carbocycles. The number of rotatable bonds is 0. The van der Waals surface area contributed by atoms with Gasteiger partial charge in [0, 0.05) is 0 Å². The van der Waals surface area contributed by atoms with Crippen LogP contribution in [0.25, 0.3) is 0 Å². The van der Waals surface area contributed by atoms with Gasteiger partial charge in [0.05, 0.1) is 5.02 Å². The first-order valence-corrected chi connectivity index (χ1v) is 4.67. The molecule has 0 heterocycles. The molecule has 0 atom stereocenters. The van der Waals surface area contributed by atoms with Gasteiger partial charge in [0.2, 0.25) is 0 Å². The summed E-state index contributed by atoms with van der Waals surface area (Å²) in [6.07, 6.45) is 0. The molecule has 13 heavy (non-hydrogen) atoms. The molecule has 0 fully saturated rings. The molecule has 0 spiro atoms. The molecule has 1 aromatic rings. The summed E-state index contributed by atoms with van der Waals surface area (Å²) in [4.78, 5) is 0. The van der Waals surface area contributed by atoms with E-state index in [1.165, 1.54) is 0 Å². The molecule has 1 rings (SSSR count). The first kappa shape index (κ1) is 10.5. The molecule has 0 N–H and O–H groups in total. The Kier molecular flexibility index (Phi) is 2.67. The van der Waals surface area contributed by atoms with Crippen LogP contribution in [0.3, 0.4) is 0 Å². The van der Waals surface area contributed by atoms with Crippen LogP contribution in [0.5, 0.6) is 0 Å². The Morgan fingerprint density at radius 2 is 1.77 bits per heavy atom. The van der Waals surface area contributed by atoms with Crippen LogP contribution in [0, 0.1) is 12.7 Å². The van der Waals surface area contributed by atoms with Gasteiger partial charge in [-0.25, -0.2) is 4.39 Å². The highest BCUT2D eigenvalue weighted by Gasteiger charge is 2.19. The zero-order valence-corrected chi connectivity index (χ0v) is 9.17. The Labute approximate surface area is 83.7 Å². The molecule has 0 aliphatic rings. The van der Waals surface area contributed by atoms with Crippen molar-refractivity contribution in [3.05, 3.63) is 34.1 Å². The van der Waals surface area contributed by atoms with Gasteiger partial charge in [0.25, 0.3) is 0 Å². The normalized spacial score (nSPS) is 11.8. The second-order valence-corrected chi connectivity index (χ2v) is 4.69. The average molecular weight is 201 g/mol. The minimum Gasteiger partial charge on any atom is -0.205 e. The van der Waals surface area contributed by atoms with Crippen molar-refractivity contribution in [3.63, 3.8) is 0 Å². The van der Waals surface area contributed by atoms with Crippen molar-refractivity contribution in [2.75, 3.05) is 0 Å². The molecule has 0 unspecified atom stereocenters. The highest BCUT2D eigenvalue weighted by molar-refractivity contribution is 6.30. The number of hydrogen-bond donors (Lipinski definition) is 0. The fraction of sp³-hybridized carbons (Fsp3) is 0.455. The fourth-order valence-electron chi connectivity index (χ4n) is 1.46. The van der Waals surface area contributed by atoms with E-state index in [1.807, 2.05) is 6.07 Å². The standard InChI is InChI=1S/C11H14ClF/c1-7-8(11(2,3)4)5-6-9(12)10(7)13/h5-6H,1-4H3. The van der Waals surface area contributed by atoms with E-state index >= 15 is 0 Å². The molecule has 0 amide bonds. The van der Waals surface area contributed by atoms with Crippen molar-refractivity contribution in [1.82, 2.24) is 0 Å². The maximum atomic E-state index is 13.4. The smallest absolute Gasteiger partial charge is 0.144 e. The SMILES string of the molecule is Cc1c(C(C)(C)C)ccc(Cl)c1F. The van der Waals surface area contributed by atoms with Gasteiger partial charge in [0.1, 0.15) is 5.82 Å². The second-order valence-electron chi connectivity index (χ2n) is 4.28. The van der Waals surface area contributed by atoms with Crippen LogP contribution in [0.4, 0.5) is 4.39 Å². The lowest BCUT2D eigenvalue weighted by Gasteiger charge is -2.22. The molecule has 72 valence electrons. The van der Waals surface area contributed by atoms with Crippen molar-refractivity contribution in [1.29, 1.82) is 0 Å². The van der Waals surface area contributed by atoms with Crippen LogP contribution >= 0.6 is 11.6 Å². The van der Waals surface area contributed by atoms with Crippen LogP contribution in [-0.4, -0.2) is 0 Å². The molecule has 0 aliphatic heterocycles. The van der Waals surface area contributed by atoms with Gasteiger partial charge in [-0.1, -0.05) is 38.4 Å². The first-order valence-electron chi connectivity index (χ1n) is 4.29. The molecule has 0 radical (unpaired) electrons. The Bertz CT molecular complexity index is 324. The predicted octanol–water partition coefficient (Wildman–Crippen LogP) is 4.09. The Balaban J connectivity index is 3.35. The number of hydrogen-bond acceptors (Lipinski definition) is 0. The van der Waals surface area contributed by atoms with E-state index in [1.54, 1.807) is 13.0 Å². The molecule has 0 nitrogen and oxygen atoms in total. The lowest BCUT2D eigenvalue weighted by Crippen LogP contribution is -2.13. The predicted molar refractivity (Wildman–Crippen MR) is 54.8 cm³/mol. The Morgan fingerprint density at radius 3 is 2.23 bits per heavy atom. The van der Waals surface area contributed by atoms with Gasteiger partial charge in [-0.15, -0.1) is 0 Å². The third-order valence-corrected chi connectivity index (χ3v) is 2.44. The first-order chi connectivity index (χ1) is 5.84. The topological polar surface area (TPSA) is 0 Å². The summed E-state index contributed by atoms with van der Waals surface area (Å²) in [7, 11) is 0. The van der Waals surface area contributed by atoms with E-state index in [-0.39, 0.29) is 16.3 Å². The van der Waals surface area contributed by atoms with Crippen LogP contribution < -0.4 is 0 Å². The van der Waals surface area contributed by atoms with E-state index in [4.69, 9.17) is 11.6 Å². The summed E-state index contributed by atoms with van der Waals surface area (Å²) in [5.74, 6) is -0.297. The van der Waals surface area contributed by atoms with Gasteiger partial charge in [0.15, 0.2) is 0 Å². The van der Waals surface area contributed by atoms with Crippen molar-refractivity contribution in [3.8, 4) is 0 Å². The Morgan fingerprint density at radius 1 is 1.23 bits per heavy atom. The molecule has 1 aromatic carbocycles. The minimum absolute atomic E-state index is 0.0322. The average Bonchev–Trinajstić information content (AvgIpc) is 1.98. The van der Waals surface area contributed by atoms with Crippen LogP contribution in [0.1, 0.15) is 31.9 Å². The van der Waals surface area contributed by atoms with Crippen molar-refractivity contribution < 1.29 is 4.39 Å². The van der Waals surface area contributed by atoms with E-state index in [0.717, 1.165) is 5.56 Å². The molecular weight excluding hydrogens is 187 g/mol. The van der Waals surface area contributed by atoms with Gasteiger partial charge >= 0.3 is 0 Å². The third kappa shape index (κ3) is 2.02. The molecule has 0 saturated carbocycles. The number of benzene rings is 1. The zero-order valence-electron chi connectivity index (χ0n) is 8.41. The molecule has 0 bridgehead atoms. The van der Waals surface area contributed by atoms with E-state index in [0.29, 0.717) is 5.56 Å². The summed E-state index contributed by atoms with van der Waals surface area (Å²) >= 11 is 5.66. The lowest BCUT2D eigenvalue weighted by molar-refractivity contribution is 0.563. The van der Waals surface area contributed by atoms with Crippen molar-refractivity contribution in [2.45, 2.75) is 33.1 Å². The number of halogens is 2. The van der Waals surface area contributed by atoms with Crippen molar-refractivity contribution in [2.24, 2.45) is 0 Å². The van der Waals surface area contributed by atoms with Crippen LogP contribution in [-0.2, 0) is 5.41 Å². The maximum absolute atomic E-state index is 13.4. The third-order valence-electron chi connectivity index (χ3n) is 2.15. The molecule has 0 saturated heterocycles. The van der Waals surface area contributed by atoms with Gasteiger partial charge in [-0.3, -0.25) is 0 Å². The largest absolute Gasteiger partial charge is 0.205 e. The van der Waals surface area contributed by atoms with E-state index < -0.39 is 0 Å². The summed E-state index contributed by atoms with van der Waals surface area (Å²) in [6, 6.07) is 3.51. The minimum atomic E-state index is -0.297. The zero-order chi connectivity index (χ0) is 10.2. The summed E-state index contributed by atoms with van der Waals surface area (Å²) in [5.41, 5.74) is 1.63. The summed E-state index contributed by atoms with van der Waals surface area (Å²) in [5, 5.41) is 0.200. The van der Waals surface area contributed by atoms with Gasteiger partial charge < -0.3 is 0 Å². The quantitative estimate of drug-likeness (QED) is 0.592. The van der Waals surface area contributed by atoms with Crippen LogP contribution in [0.2, 0.25) is 5.02 Å².